The molecule has 10 heteroatoms. The number of hydrogen-bond acceptors (Lipinski definition) is 6. The van der Waals surface area contributed by atoms with Crippen LogP contribution in [0.25, 0.3) is 0 Å². The minimum absolute atomic E-state index is 0.0602. The van der Waals surface area contributed by atoms with E-state index in [1.54, 1.807) is 30.1 Å². The highest BCUT2D eigenvalue weighted by molar-refractivity contribution is 7.92. The molecule has 1 N–H and O–H groups in total. The first kappa shape index (κ1) is 28.9. The summed E-state index contributed by atoms with van der Waals surface area (Å²) in [6.07, 6.45) is 1.80. The van der Waals surface area contributed by atoms with E-state index in [4.69, 9.17) is 9.47 Å². The van der Waals surface area contributed by atoms with Crippen molar-refractivity contribution in [3.05, 3.63) is 89.5 Å². The van der Waals surface area contributed by atoms with Gasteiger partial charge in [0.25, 0.3) is 0 Å². The Morgan fingerprint density at radius 3 is 2.33 bits per heavy atom. The predicted octanol–water partition coefficient (Wildman–Crippen LogP) is 3.66. The molecule has 1 aliphatic rings. The van der Waals surface area contributed by atoms with Crippen LogP contribution in [-0.2, 0) is 32.6 Å². The summed E-state index contributed by atoms with van der Waals surface area (Å²) in [6, 6.07) is 21.6. The molecule has 0 unspecified atom stereocenters. The summed E-state index contributed by atoms with van der Waals surface area (Å²) in [5, 5.41) is 2.71. The number of hydrogen-bond donors (Lipinski definition) is 1. The van der Waals surface area contributed by atoms with Gasteiger partial charge in [0, 0.05) is 39.0 Å². The van der Waals surface area contributed by atoms with Crippen LogP contribution in [0, 0.1) is 6.92 Å². The number of benzene rings is 3. The van der Waals surface area contributed by atoms with Crippen LogP contribution in [-0.4, -0.2) is 57.8 Å². The van der Waals surface area contributed by atoms with Crippen molar-refractivity contribution >= 4 is 27.5 Å². The van der Waals surface area contributed by atoms with E-state index < -0.39 is 16.1 Å². The van der Waals surface area contributed by atoms with Crippen molar-refractivity contribution in [2.45, 2.75) is 38.8 Å². The summed E-state index contributed by atoms with van der Waals surface area (Å²) in [5.74, 6) is 0.533. The van der Waals surface area contributed by atoms with Gasteiger partial charge in [0.2, 0.25) is 28.6 Å². The maximum Gasteiger partial charge on any atom is 0.242 e. The number of carbonyl (C=O) groups excluding carboxylic acids is 2. The number of fused-ring (bicyclic) bond motifs is 1. The number of nitrogens with zero attached hydrogens (tertiary/aromatic N) is 2. The lowest BCUT2D eigenvalue weighted by molar-refractivity contribution is -0.141. The van der Waals surface area contributed by atoms with Crippen molar-refractivity contribution in [2.24, 2.45) is 0 Å². The molecule has 1 aliphatic heterocycles. The Labute approximate surface area is 235 Å². The highest BCUT2D eigenvalue weighted by Crippen LogP contribution is 2.36. The van der Waals surface area contributed by atoms with E-state index in [1.807, 2.05) is 61.5 Å². The number of amides is 2. The first-order valence-corrected chi connectivity index (χ1v) is 15.0. The lowest BCUT2D eigenvalue weighted by atomic mass is 10.0. The van der Waals surface area contributed by atoms with Crippen molar-refractivity contribution in [2.75, 3.05) is 30.9 Å². The summed E-state index contributed by atoms with van der Waals surface area (Å²) >= 11 is 0. The second-order valence-corrected chi connectivity index (χ2v) is 11.7. The molecule has 1 atom stereocenters. The summed E-state index contributed by atoms with van der Waals surface area (Å²) in [6.45, 7) is 2.41. The Balaban J connectivity index is 1.54. The highest BCUT2D eigenvalue weighted by Gasteiger charge is 2.30. The van der Waals surface area contributed by atoms with E-state index in [-0.39, 0.29) is 44.5 Å². The van der Waals surface area contributed by atoms with Crippen molar-refractivity contribution in [1.82, 2.24) is 10.2 Å². The smallest absolute Gasteiger partial charge is 0.242 e. The van der Waals surface area contributed by atoms with Gasteiger partial charge in [-0.2, -0.15) is 0 Å². The quantitative estimate of drug-likeness (QED) is 0.360. The van der Waals surface area contributed by atoms with Crippen LogP contribution in [0.5, 0.6) is 11.5 Å². The Morgan fingerprint density at radius 1 is 0.950 bits per heavy atom. The number of aryl methyl sites for hydroxylation is 1. The molecule has 0 aliphatic carbocycles. The lowest BCUT2D eigenvalue weighted by Gasteiger charge is -2.31. The number of sulfonamides is 1. The van der Waals surface area contributed by atoms with Crippen LogP contribution in [0.15, 0.2) is 72.8 Å². The fourth-order valence-corrected chi connectivity index (χ4v) is 5.61. The lowest BCUT2D eigenvalue weighted by Crippen LogP contribution is -2.49. The van der Waals surface area contributed by atoms with Crippen LogP contribution >= 0.6 is 0 Å². The molecule has 3 aromatic rings. The van der Waals surface area contributed by atoms with Gasteiger partial charge < -0.3 is 19.7 Å². The van der Waals surface area contributed by atoms with Crippen LogP contribution in [0.2, 0.25) is 0 Å². The zero-order valence-corrected chi connectivity index (χ0v) is 23.8. The molecular weight excluding hydrogens is 530 g/mol. The SMILES string of the molecule is CNC(=O)[C@@H](Cc1ccccc1)N(Cc1ccc(C)cc1)C(=O)CCCN(c1ccc2c(c1)OCO2)S(C)(=O)=O. The summed E-state index contributed by atoms with van der Waals surface area (Å²) < 4.78 is 37.3. The van der Waals surface area contributed by atoms with Gasteiger partial charge in [-0.3, -0.25) is 13.9 Å². The number of nitrogens with one attached hydrogen (secondary N) is 1. The zero-order chi connectivity index (χ0) is 28.7. The largest absolute Gasteiger partial charge is 0.454 e. The standard InChI is InChI=1S/C30H35N3O6S/c1-22-11-13-24(14-12-22)20-32(26(30(35)31-2)18-23-8-5-4-6-9-23)29(34)10-7-17-33(40(3,36)37)25-15-16-27-28(19-25)39-21-38-27/h4-6,8-9,11-16,19,26H,7,10,17-18,20-21H2,1-3H3,(H,31,35)/t26-/m1/s1. The van der Waals surface area contributed by atoms with Gasteiger partial charge in [-0.15, -0.1) is 0 Å². The van der Waals surface area contributed by atoms with E-state index >= 15 is 0 Å². The van der Waals surface area contributed by atoms with Crippen LogP contribution < -0.4 is 19.1 Å². The summed E-state index contributed by atoms with van der Waals surface area (Å²) in [7, 11) is -2.07. The van der Waals surface area contributed by atoms with Crippen molar-refractivity contribution in [1.29, 1.82) is 0 Å². The molecule has 0 bridgehead atoms. The van der Waals surface area contributed by atoms with Crippen LogP contribution in [0.1, 0.15) is 29.5 Å². The average Bonchev–Trinajstić information content (AvgIpc) is 3.41. The average molecular weight is 566 g/mol. The van der Waals surface area contributed by atoms with Crippen molar-refractivity contribution in [3.8, 4) is 11.5 Å². The number of likely N-dealkylation sites (N-methyl/N-ethyl adjacent to an activating group) is 1. The fourth-order valence-electron chi connectivity index (χ4n) is 4.66. The van der Waals surface area contributed by atoms with Crippen LogP contribution in [0.3, 0.4) is 0 Å². The molecule has 40 heavy (non-hydrogen) atoms. The van der Waals surface area contributed by atoms with Crippen molar-refractivity contribution < 1.29 is 27.5 Å². The monoisotopic (exact) mass is 565 g/mol. The molecule has 0 saturated carbocycles. The third kappa shape index (κ3) is 7.32. The molecule has 0 fully saturated rings. The normalized spacial score (nSPS) is 13.0. The molecule has 0 aromatic heterocycles. The van der Waals surface area contributed by atoms with E-state index in [0.717, 1.165) is 22.9 Å². The van der Waals surface area contributed by atoms with Gasteiger partial charge in [0.05, 0.1) is 11.9 Å². The van der Waals surface area contributed by atoms with Gasteiger partial charge >= 0.3 is 0 Å². The maximum atomic E-state index is 13.7. The molecule has 3 aromatic carbocycles. The maximum absolute atomic E-state index is 13.7. The Morgan fingerprint density at radius 2 is 1.65 bits per heavy atom. The first-order chi connectivity index (χ1) is 19.2. The third-order valence-corrected chi connectivity index (χ3v) is 7.98. The van der Waals surface area contributed by atoms with E-state index in [9.17, 15) is 18.0 Å². The van der Waals surface area contributed by atoms with Gasteiger partial charge in [-0.05, 0) is 36.6 Å². The molecule has 212 valence electrons. The topological polar surface area (TPSA) is 105 Å². The van der Waals surface area contributed by atoms with Gasteiger partial charge in [-0.25, -0.2) is 8.42 Å². The Bertz CT molecular complexity index is 1430. The summed E-state index contributed by atoms with van der Waals surface area (Å²) in [5.41, 5.74) is 3.36. The minimum Gasteiger partial charge on any atom is -0.454 e. The van der Waals surface area contributed by atoms with E-state index in [1.165, 1.54) is 4.31 Å². The molecule has 0 spiro atoms. The van der Waals surface area contributed by atoms with Gasteiger partial charge in [0.1, 0.15) is 6.04 Å². The zero-order valence-electron chi connectivity index (χ0n) is 23.0. The Kier molecular flexibility index (Phi) is 9.31. The summed E-state index contributed by atoms with van der Waals surface area (Å²) in [4.78, 5) is 28.4. The van der Waals surface area contributed by atoms with E-state index in [0.29, 0.717) is 23.6 Å². The molecule has 4 rings (SSSR count). The fraction of sp³-hybridized carbons (Fsp3) is 0.333. The number of carbonyl (C=O) groups is 2. The number of ether oxygens (including phenoxy) is 2. The molecule has 9 nitrogen and oxygen atoms in total. The first-order valence-electron chi connectivity index (χ1n) is 13.1. The van der Waals surface area contributed by atoms with Gasteiger partial charge in [-0.1, -0.05) is 60.2 Å². The molecule has 1 heterocycles. The molecule has 0 saturated heterocycles. The van der Waals surface area contributed by atoms with Crippen LogP contribution in [0.4, 0.5) is 5.69 Å². The number of rotatable bonds is 12. The van der Waals surface area contributed by atoms with Crippen molar-refractivity contribution in [3.63, 3.8) is 0 Å². The molecule has 2 amide bonds. The second-order valence-electron chi connectivity index (χ2n) is 9.80. The minimum atomic E-state index is -3.63. The second kappa shape index (κ2) is 12.9. The number of anilines is 1. The molecular formula is C30H35N3O6S. The molecule has 0 radical (unpaired) electrons. The van der Waals surface area contributed by atoms with E-state index in [2.05, 4.69) is 5.32 Å². The van der Waals surface area contributed by atoms with Gasteiger partial charge in [0.15, 0.2) is 11.5 Å². The Hall–Kier alpha value is -4.05. The highest BCUT2D eigenvalue weighted by atomic mass is 32.2. The third-order valence-electron chi connectivity index (χ3n) is 6.79. The predicted molar refractivity (Wildman–Crippen MR) is 154 cm³/mol.